The van der Waals surface area contributed by atoms with Gasteiger partial charge in [0.2, 0.25) is 10.0 Å². The van der Waals surface area contributed by atoms with Gasteiger partial charge in [0.15, 0.2) is 5.75 Å². The molecule has 1 amide bonds. The van der Waals surface area contributed by atoms with Crippen LogP contribution in [0.2, 0.25) is 10.0 Å². The van der Waals surface area contributed by atoms with E-state index in [4.69, 9.17) is 27.9 Å². The van der Waals surface area contributed by atoms with Crippen molar-refractivity contribution in [3.05, 3.63) is 52.0 Å². The highest BCUT2D eigenvalue weighted by atomic mass is 35.5. The number of phenols is 1. The molecule has 10 heteroatoms. The number of piperidine rings is 1. The van der Waals surface area contributed by atoms with Gasteiger partial charge in [-0.2, -0.15) is 4.31 Å². The molecule has 154 valence electrons. The van der Waals surface area contributed by atoms with Crippen molar-refractivity contribution in [2.45, 2.75) is 30.4 Å². The molecule has 0 radical (unpaired) electrons. The van der Waals surface area contributed by atoms with E-state index >= 15 is 0 Å². The molecule has 0 spiro atoms. The Morgan fingerprint density at radius 3 is 2.52 bits per heavy atom. The van der Waals surface area contributed by atoms with Crippen LogP contribution < -0.4 is 4.90 Å². The van der Waals surface area contributed by atoms with E-state index < -0.39 is 21.9 Å². The number of fused-ring (bicyclic) bond motifs is 1. The first-order chi connectivity index (χ1) is 13.8. The fourth-order valence-electron chi connectivity index (χ4n) is 3.74. The smallest absolute Gasteiger partial charge is 0.414 e. The maximum atomic E-state index is 13.0. The molecule has 0 aliphatic carbocycles. The fourth-order valence-corrected chi connectivity index (χ4v) is 5.95. The van der Waals surface area contributed by atoms with E-state index in [1.165, 1.54) is 16.4 Å². The SMILES string of the molecule is O=C1OCc2ccccc2N1C1CCN(S(=O)(=O)c2cc(Cl)cc(Cl)c2O)CC1. The molecule has 0 aromatic heterocycles. The normalized spacial score (nSPS) is 18.4. The second-order valence-corrected chi connectivity index (χ2v) is 9.67. The molecule has 0 bridgehead atoms. The first-order valence-corrected chi connectivity index (χ1v) is 11.2. The van der Waals surface area contributed by atoms with Crippen molar-refractivity contribution < 1.29 is 23.1 Å². The summed E-state index contributed by atoms with van der Waals surface area (Å²) >= 11 is 11.8. The summed E-state index contributed by atoms with van der Waals surface area (Å²) in [5, 5.41) is 10.1. The third-order valence-electron chi connectivity index (χ3n) is 5.20. The van der Waals surface area contributed by atoms with Gasteiger partial charge in [-0.05, 0) is 31.0 Å². The van der Waals surface area contributed by atoms with Crippen molar-refractivity contribution in [1.82, 2.24) is 4.31 Å². The van der Waals surface area contributed by atoms with Crippen LogP contribution >= 0.6 is 23.2 Å². The van der Waals surface area contributed by atoms with Crippen LogP contribution in [0.25, 0.3) is 0 Å². The summed E-state index contributed by atoms with van der Waals surface area (Å²) in [5.41, 5.74) is 1.71. The van der Waals surface area contributed by atoms with E-state index in [-0.39, 0.29) is 40.7 Å². The first-order valence-electron chi connectivity index (χ1n) is 9.01. The third-order valence-corrected chi connectivity index (χ3v) is 7.62. The average Bonchev–Trinajstić information content (AvgIpc) is 2.70. The fraction of sp³-hybridized carbons (Fsp3) is 0.316. The van der Waals surface area contributed by atoms with Crippen molar-refractivity contribution >= 4 is 45.0 Å². The lowest BCUT2D eigenvalue weighted by atomic mass is 10.0. The lowest BCUT2D eigenvalue weighted by molar-refractivity contribution is 0.136. The molecule has 2 aromatic rings. The molecule has 2 aliphatic rings. The minimum Gasteiger partial charge on any atom is -0.505 e. The topological polar surface area (TPSA) is 87.2 Å². The molecule has 1 N–H and O–H groups in total. The molecular weight excluding hydrogens is 439 g/mol. The Balaban J connectivity index is 1.55. The number of halogens is 2. The van der Waals surface area contributed by atoms with Gasteiger partial charge in [0.1, 0.15) is 11.5 Å². The number of amides is 1. The average molecular weight is 457 g/mol. The maximum Gasteiger partial charge on any atom is 0.414 e. The quantitative estimate of drug-likeness (QED) is 0.753. The Morgan fingerprint density at radius 2 is 1.79 bits per heavy atom. The minimum atomic E-state index is -3.99. The largest absolute Gasteiger partial charge is 0.505 e. The van der Waals surface area contributed by atoms with Crippen LogP contribution in [0.3, 0.4) is 0 Å². The van der Waals surface area contributed by atoms with Gasteiger partial charge in [0.05, 0.1) is 10.7 Å². The summed E-state index contributed by atoms with van der Waals surface area (Å²) in [6, 6.07) is 9.78. The summed E-state index contributed by atoms with van der Waals surface area (Å²) in [4.78, 5) is 13.7. The zero-order chi connectivity index (χ0) is 20.8. The van der Waals surface area contributed by atoms with Crippen LogP contribution in [0.5, 0.6) is 5.75 Å². The number of hydrogen-bond acceptors (Lipinski definition) is 5. The number of hydrogen-bond donors (Lipinski definition) is 1. The second kappa shape index (κ2) is 7.68. The van der Waals surface area contributed by atoms with E-state index in [1.54, 1.807) is 4.90 Å². The molecular formula is C19H18Cl2N2O5S. The Morgan fingerprint density at radius 1 is 1.10 bits per heavy atom. The van der Waals surface area contributed by atoms with Gasteiger partial charge >= 0.3 is 6.09 Å². The predicted molar refractivity (Wildman–Crippen MR) is 109 cm³/mol. The van der Waals surface area contributed by atoms with Gasteiger partial charge in [-0.25, -0.2) is 13.2 Å². The molecule has 2 aromatic carbocycles. The molecule has 0 atom stereocenters. The van der Waals surface area contributed by atoms with Crippen molar-refractivity contribution in [2.75, 3.05) is 18.0 Å². The van der Waals surface area contributed by atoms with E-state index in [0.717, 1.165) is 11.3 Å². The van der Waals surface area contributed by atoms with E-state index in [0.29, 0.717) is 12.8 Å². The summed E-state index contributed by atoms with van der Waals surface area (Å²) in [7, 11) is -3.99. The van der Waals surface area contributed by atoms with Crippen molar-refractivity contribution in [3.8, 4) is 5.75 Å². The number of carbonyl (C=O) groups excluding carboxylic acids is 1. The van der Waals surface area contributed by atoms with E-state index in [2.05, 4.69) is 0 Å². The van der Waals surface area contributed by atoms with Crippen molar-refractivity contribution in [1.29, 1.82) is 0 Å². The van der Waals surface area contributed by atoms with Gasteiger partial charge in [-0.3, -0.25) is 4.90 Å². The number of para-hydroxylation sites is 1. The van der Waals surface area contributed by atoms with Gasteiger partial charge in [0.25, 0.3) is 0 Å². The van der Waals surface area contributed by atoms with Gasteiger partial charge in [0, 0.05) is 29.7 Å². The zero-order valence-electron chi connectivity index (χ0n) is 15.2. The standard InChI is InChI=1S/C19H18Cl2N2O5S/c20-13-9-15(21)18(24)17(10-13)29(26,27)22-7-5-14(6-8-22)23-16-4-2-1-3-12(16)11-28-19(23)25/h1-4,9-10,14,24H,5-8,11H2. The summed E-state index contributed by atoms with van der Waals surface area (Å²) in [6.07, 6.45) is 0.430. The minimum absolute atomic E-state index is 0.119. The highest BCUT2D eigenvalue weighted by Crippen LogP contribution is 2.37. The lowest BCUT2D eigenvalue weighted by Gasteiger charge is -2.39. The number of rotatable bonds is 3. The highest BCUT2D eigenvalue weighted by molar-refractivity contribution is 7.89. The molecule has 2 aliphatic heterocycles. The molecule has 1 fully saturated rings. The van der Waals surface area contributed by atoms with Gasteiger partial charge in [-0.1, -0.05) is 41.4 Å². The van der Waals surface area contributed by atoms with Crippen LogP contribution in [0, 0.1) is 0 Å². The number of nitrogens with zero attached hydrogens (tertiary/aromatic N) is 2. The number of cyclic esters (lactones) is 1. The maximum absolute atomic E-state index is 13.0. The summed E-state index contributed by atoms with van der Waals surface area (Å²) in [6.45, 7) is 0.596. The zero-order valence-corrected chi connectivity index (χ0v) is 17.5. The van der Waals surface area contributed by atoms with Crippen LogP contribution in [0.4, 0.5) is 10.5 Å². The lowest BCUT2D eigenvalue weighted by Crippen LogP contribution is -2.50. The monoisotopic (exact) mass is 456 g/mol. The Hall–Kier alpha value is -2.00. The molecule has 29 heavy (non-hydrogen) atoms. The molecule has 7 nitrogen and oxygen atoms in total. The number of phenolic OH excluding ortho intramolecular Hbond substituents is 1. The number of anilines is 1. The number of carbonyl (C=O) groups is 1. The number of aromatic hydroxyl groups is 1. The van der Waals surface area contributed by atoms with Crippen LogP contribution in [-0.2, 0) is 21.4 Å². The van der Waals surface area contributed by atoms with E-state index in [9.17, 15) is 18.3 Å². The van der Waals surface area contributed by atoms with Gasteiger partial charge < -0.3 is 9.84 Å². The van der Waals surface area contributed by atoms with Gasteiger partial charge in [-0.15, -0.1) is 0 Å². The van der Waals surface area contributed by atoms with Crippen molar-refractivity contribution in [3.63, 3.8) is 0 Å². The van der Waals surface area contributed by atoms with Crippen LogP contribution in [0.1, 0.15) is 18.4 Å². The number of benzene rings is 2. The Bertz CT molecular complexity index is 1070. The predicted octanol–water partition coefficient (Wildman–Crippen LogP) is 4.01. The number of ether oxygens (including phenoxy) is 1. The molecule has 1 saturated heterocycles. The second-order valence-electron chi connectivity index (χ2n) is 6.92. The van der Waals surface area contributed by atoms with Crippen LogP contribution in [0.15, 0.2) is 41.3 Å². The van der Waals surface area contributed by atoms with Crippen molar-refractivity contribution in [2.24, 2.45) is 0 Å². The van der Waals surface area contributed by atoms with E-state index in [1.807, 2.05) is 24.3 Å². The number of sulfonamides is 1. The summed E-state index contributed by atoms with van der Waals surface area (Å²) < 4.78 is 32.5. The Labute approximate surface area is 178 Å². The molecule has 0 unspecified atom stereocenters. The first kappa shape index (κ1) is 20.3. The summed E-state index contributed by atoms with van der Waals surface area (Å²) in [5.74, 6) is -0.522. The molecule has 2 heterocycles. The van der Waals surface area contributed by atoms with Crippen LogP contribution in [-0.4, -0.2) is 43.1 Å². The third kappa shape index (κ3) is 3.66. The molecule has 0 saturated carbocycles. The molecule has 4 rings (SSSR count). The highest BCUT2D eigenvalue weighted by Gasteiger charge is 2.38. The Kier molecular flexibility index (Phi) is 5.37.